The van der Waals surface area contributed by atoms with Crippen molar-refractivity contribution in [2.24, 2.45) is 0 Å². The molecule has 1 aliphatic rings. The Labute approximate surface area is 136 Å². The average Bonchev–Trinajstić information content (AvgIpc) is 2.49. The Kier molecular flexibility index (Phi) is 8.84. The van der Waals surface area contributed by atoms with E-state index in [2.05, 4.69) is 31.0 Å². The third-order valence-electron chi connectivity index (χ3n) is 5.15. The van der Waals surface area contributed by atoms with Gasteiger partial charge in [0.05, 0.1) is 0 Å². The molecule has 1 heterocycles. The van der Waals surface area contributed by atoms with E-state index in [1.54, 1.807) is 0 Å². The topological polar surface area (TPSA) is 52.6 Å². The first-order valence-electron chi connectivity index (χ1n) is 9.32. The fourth-order valence-corrected chi connectivity index (χ4v) is 3.89. The van der Waals surface area contributed by atoms with Crippen LogP contribution in [0.4, 0.5) is 4.79 Å². The zero-order valence-corrected chi connectivity index (χ0v) is 14.9. The largest absolute Gasteiger partial charge is 0.465 e. The molecule has 0 aromatic carbocycles. The van der Waals surface area contributed by atoms with Crippen LogP contribution in [0.3, 0.4) is 0 Å². The molecule has 1 unspecified atom stereocenters. The molecule has 1 aliphatic heterocycles. The van der Waals surface area contributed by atoms with E-state index in [1.165, 1.54) is 57.9 Å². The third-order valence-corrected chi connectivity index (χ3v) is 5.15. The normalized spacial score (nSPS) is 21.7. The molecule has 1 rings (SSSR count). The first-order valence-corrected chi connectivity index (χ1v) is 9.32. The van der Waals surface area contributed by atoms with E-state index in [9.17, 15) is 4.79 Å². The number of rotatable bonds is 10. The highest BCUT2D eigenvalue weighted by molar-refractivity contribution is 5.64. The van der Waals surface area contributed by atoms with Crippen LogP contribution in [-0.2, 0) is 0 Å². The molecule has 0 radical (unpaired) electrons. The number of nitrogens with one attached hydrogen (secondary N) is 1. The van der Waals surface area contributed by atoms with Gasteiger partial charge in [-0.15, -0.1) is 0 Å². The van der Waals surface area contributed by atoms with Crippen molar-refractivity contribution < 1.29 is 9.90 Å². The summed E-state index contributed by atoms with van der Waals surface area (Å²) in [5.41, 5.74) is 0.215. The number of likely N-dealkylation sites (tertiary alicyclic amines) is 1. The molecule has 0 bridgehead atoms. The molecule has 1 atom stereocenters. The number of carboxylic acid groups (broad SMARTS) is 1. The second-order valence-electron chi connectivity index (χ2n) is 6.91. The van der Waals surface area contributed by atoms with Gasteiger partial charge in [-0.1, -0.05) is 52.9 Å². The molecule has 0 aliphatic carbocycles. The minimum atomic E-state index is -0.869. The standard InChI is InChI=1S/C18H36N2O2/c1-4-7-11-18(12-8-5-2)15-16(19-17(21)22)10-14-20(18)13-9-6-3/h16,19H,4-15H2,1-3H3,(H,21,22). The van der Waals surface area contributed by atoms with E-state index in [0.29, 0.717) is 0 Å². The first kappa shape index (κ1) is 19.3. The van der Waals surface area contributed by atoms with Crippen molar-refractivity contribution in [2.75, 3.05) is 13.1 Å². The van der Waals surface area contributed by atoms with Gasteiger partial charge < -0.3 is 10.4 Å². The van der Waals surface area contributed by atoms with Gasteiger partial charge in [0.1, 0.15) is 0 Å². The maximum Gasteiger partial charge on any atom is 0.404 e. The second kappa shape index (κ2) is 10.1. The van der Waals surface area contributed by atoms with Gasteiger partial charge in [0.15, 0.2) is 0 Å². The van der Waals surface area contributed by atoms with Crippen LogP contribution in [0, 0.1) is 0 Å². The van der Waals surface area contributed by atoms with E-state index < -0.39 is 6.09 Å². The van der Waals surface area contributed by atoms with Crippen LogP contribution in [0.15, 0.2) is 0 Å². The summed E-state index contributed by atoms with van der Waals surface area (Å²) < 4.78 is 0. The lowest BCUT2D eigenvalue weighted by molar-refractivity contribution is 0.0124. The van der Waals surface area contributed by atoms with Crippen LogP contribution < -0.4 is 5.32 Å². The Bertz CT molecular complexity index is 312. The highest BCUT2D eigenvalue weighted by Gasteiger charge is 2.41. The molecule has 1 saturated heterocycles. The Balaban J connectivity index is 2.85. The number of nitrogens with zero attached hydrogens (tertiary/aromatic N) is 1. The summed E-state index contributed by atoms with van der Waals surface area (Å²) in [7, 11) is 0. The number of carbonyl (C=O) groups is 1. The van der Waals surface area contributed by atoms with Crippen molar-refractivity contribution in [3.8, 4) is 0 Å². The monoisotopic (exact) mass is 312 g/mol. The van der Waals surface area contributed by atoms with E-state index >= 15 is 0 Å². The van der Waals surface area contributed by atoms with Gasteiger partial charge in [-0.2, -0.15) is 0 Å². The summed E-state index contributed by atoms with van der Waals surface area (Å²) >= 11 is 0. The molecular formula is C18H36N2O2. The van der Waals surface area contributed by atoms with Crippen LogP contribution in [-0.4, -0.2) is 40.8 Å². The van der Waals surface area contributed by atoms with Crippen molar-refractivity contribution in [2.45, 2.75) is 96.6 Å². The van der Waals surface area contributed by atoms with E-state index in [0.717, 1.165) is 19.4 Å². The van der Waals surface area contributed by atoms with Crippen LogP contribution in [0.2, 0.25) is 0 Å². The van der Waals surface area contributed by atoms with Crippen molar-refractivity contribution in [3.05, 3.63) is 0 Å². The Hall–Kier alpha value is -0.770. The van der Waals surface area contributed by atoms with E-state index in [4.69, 9.17) is 5.11 Å². The molecule has 0 spiro atoms. The molecule has 0 aromatic rings. The van der Waals surface area contributed by atoms with Crippen LogP contribution in [0.25, 0.3) is 0 Å². The molecule has 1 fully saturated rings. The predicted molar refractivity (Wildman–Crippen MR) is 92.4 cm³/mol. The summed E-state index contributed by atoms with van der Waals surface area (Å²) in [5.74, 6) is 0. The van der Waals surface area contributed by atoms with Crippen molar-refractivity contribution in [3.63, 3.8) is 0 Å². The molecule has 4 nitrogen and oxygen atoms in total. The number of hydrogen-bond donors (Lipinski definition) is 2. The Morgan fingerprint density at radius 1 is 1.14 bits per heavy atom. The molecule has 4 heteroatoms. The zero-order valence-electron chi connectivity index (χ0n) is 14.9. The SMILES string of the molecule is CCCCN1CCC(NC(=O)O)CC1(CCCC)CCCC. The number of hydrogen-bond acceptors (Lipinski definition) is 2. The molecule has 0 saturated carbocycles. The van der Waals surface area contributed by atoms with Gasteiger partial charge >= 0.3 is 6.09 Å². The molecule has 1 amide bonds. The summed E-state index contributed by atoms with van der Waals surface area (Å²) in [4.78, 5) is 13.7. The third kappa shape index (κ3) is 5.79. The minimum absolute atomic E-state index is 0.129. The maximum atomic E-state index is 11.0. The molecule has 2 N–H and O–H groups in total. The fourth-order valence-electron chi connectivity index (χ4n) is 3.89. The quantitative estimate of drug-likeness (QED) is 0.618. The highest BCUT2D eigenvalue weighted by Crippen LogP contribution is 2.37. The predicted octanol–water partition coefficient (Wildman–Crippen LogP) is 4.64. The van der Waals surface area contributed by atoms with Gasteiger partial charge in [-0.25, -0.2) is 4.79 Å². The van der Waals surface area contributed by atoms with Crippen molar-refractivity contribution in [1.29, 1.82) is 0 Å². The fraction of sp³-hybridized carbons (Fsp3) is 0.944. The summed E-state index contributed by atoms with van der Waals surface area (Å²) in [5, 5.41) is 11.8. The average molecular weight is 312 g/mol. The van der Waals surface area contributed by atoms with Crippen LogP contribution >= 0.6 is 0 Å². The van der Waals surface area contributed by atoms with Crippen molar-refractivity contribution >= 4 is 6.09 Å². The molecule has 130 valence electrons. The van der Waals surface area contributed by atoms with Gasteiger partial charge in [-0.3, -0.25) is 4.90 Å². The Morgan fingerprint density at radius 2 is 1.73 bits per heavy atom. The minimum Gasteiger partial charge on any atom is -0.465 e. The van der Waals surface area contributed by atoms with Gasteiger partial charge in [0.2, 0.25) is 0 Å². The molecule has 0 aromatic heterocycles. The summed E-state index contributed by atoms with van der Waals surface area (Å²) in [6, 6.07) is 0.129. The molecule has 22 heavy (non-hydrogen) atoms. The lowest BCUT2D eigenvalue weighted by Crippen LogP contribution is -2.58. The summed E-state index contributed by atoms with van der Waals surface area (Å²) in [6.07, 6.45) is 10.9. The second-order valence-corrected chi connectivity index (χ2v) is 6.91. The number of unbranched alkanes of at least 4 members (excludes halogenated alkanes) is 3. The van der Waals surface area contributed by atoms with E-state index in [-0.39, 0.29) is 11.6 Å². The molecular weight excluding hydrogens is 276 g/mol. The highest BCUT2D eigenvalue weighted by atomic mass is 16.4. The number of amides is 1. The van der Waals surface area contributed by atoms with Crippen molar-refractivity contribution in [1.82, 2.24) is 10.2 Å². The summed E-state index contributed by atoms with van der Waals surface area (Å²) in [6.45, 7) is 8.96. The number of piperidine rings is 1. The van der Waals surface area contributed by atoms with Gasteiger partial charge in [0, 0.05) is 18.1 Å². The van der Waals surface area contributed by atoms with Gasteiger partial charge in [-0.05, 0) is 38.6 Å². The zero-order chi connectivity index (χ0) is 16.4. The van der Waals surface area contributed by atoms with Crippen LogP contribution in [0.1, 0.15) is 85.0 Å². The van der Waals surface area contributed by atoms with Crippen LogP contribution in [0.5, 0.6) is 0 Å². The lowest BCUT2D eigenvalue weighted by atomic mass is 9.76. The Morgan fingerprint density at radius 3 is 2.23 bits per heavy atom. The smallest absolute Gasteiger partial charge is 0.404 e. The lowest BCUT2D eigenvalue weighted by Gasteiger charge is -2.50. The maximum absolute atomic E-state index is 11.0. The van der Waals surface area contributed by atoms with E-state index in [1.807, 2.05) is 0 Å². The van der Waals surface area contributed by atoms with Gasteiger partial charge in [0.25, 0.3) is 0 Å². The first-order chi connectivity index (χ1) is 10.6.